The number of pyridine rings is 2. The molecule has 0 atom stereocenters. The number of benzene rings is 2. The second-order valence-corrected chi connectivity index (χ2v) is 11.1. The largest absolute Gasteiger partial charge is 0.285 e. The molecule has 0 saturated carbocycles. The van der Waals surface area contributed by atoms with E-state index < -0.39 is 19.9 Å². The van der Waals surface area contributed by atoms with Crippen LogP contribution in [0.1, 0.15) is 11.4 Å². The third kappa shape index (κ3) is 3.21. The van der Waals surface area contributed by atoms with Crippen molar-refractivity contribution in [2.24, 2.45) is 0 Å². The van der Waals surface area contributed by atoms with Gasteiger partial charge in [0.25, 0.3) is 10.0 Å². The summed E-state index contributed by atoms with van der Waals surface area (Å²) in [7, 11) is -8.34. The van der Waals surface area contributed by atoms with Crippen LogP contribution in [-0.4, -0.2) is 36.0 Å². The van der Waals surface area contributed by atoms with E-state index in [1.54, 1.807) is 48.5 Å². The molecule has 5 aromatic rings. The number of nitrogens with zero attached hydrogens (tertiary/aromatic N) is 4. The lowest BCUT2D eigenvalue weighted by Crippen LogP contribution is -2.17. The summed E-state index contributed by atoms with van der Waals surface area (Å²) in [5.41, 5.74) is 0.674. The van der Waals surface area contributed by atoms with Gasteiger partial charge in [0.2, 0.25) is 9.84 Å². The SMILES string of the molecule is Cc1nn(S(=O)(=O)c2cccc3cccnc23)c(C)c1S(=O)(=O)c1cccc2cccnc12. The number of para-hydroxylation sites is 2. The minimum absolute atomic E-state index is 0.00410. The molecule has 0 aliphatic rings. The average molecular weight is 479 g/mol. The highest BCUT2D eigenvalue weighted by molar-refractivity contribution is 7.92. The first-order valence-electron chi connectivity index (χ1n) is 9.97. The minimum Gasteiger partial charge on any atom is -0.255 e. The van der Waals surface area contributed by atoms with E-state index in [1.807, 2.05) is 0 Å². The molecule has 0 aliphatic heterocycles. The van der Waals surface area contributed by atoms with Crippen LogP contribution in [-0.2, 0) is 19.9 Å². The third-order valence-electron chi connectivity index (χ3n) is 5.44. The quantitative estimate of drug-likeness (QED) is 0.387. The first-order chi connectivity index (χ1) is 15.7. The van der Waals surface area contributed by atoms with Crippen molar-refractivity contribution in [1.29, 1.82) is 0 Å². The van der Waals surface area contributed by atoms with Crippen LogP contribution in [0.3, 0.4) is 0 Å². The third-order valence-corrected chi connectivity index (χ3v) is 9.17. The van der Waals surface area contributed by atoms with Gasteiger partial charge in [0.15, 0.2) is 0 Å². The fraction of sp³-hybridized carbons (Fsp3) is 0.0870. The molecule has 0 unspecified atom stereocenters. The summed E-state index contributed by atoms with van der Waals surface area (Å²) in [6.07, 6.45) is 3.02. The van der Waals surface area contributed by atoms with E-state index in [4.69, 9.17) is 0 Å². The number of hydrogen-bond acceptors (Lipinski definition) is 7. The van der Waals surface area contributed by atoms with Gasteiger partial charge in [-0.25, -0.2) is 8.42 Å². The molecule has 0 N–H and O–H groups in total. The molecule has 0 fully saturated rings. The van der Waals surface area contributed by atoms with E-state index in [9.17, 15) is 16.8 Å². The summed E-state index contributed by atoms with van der Waals surface area (Å²) >= 11 is 0. The van der Waals surface area contributed by atoms with Crippen LogP contribution < -0.4 is 0 Å². The molecule has 8 nitrogen and oxygen atoms in total. The van der Waals surface area contributed by atoms with Crippen LogP contribution in [0.15, 0.2) is 87.7 Å². The number of sulfone groups is 1. The van der Waals surface area contributed by atoms with Crippen LogP contribution in [0, 0.1) is 13.8 Å². The number of aromatic nitrogens is 4. The van der Waals surface area contributed by atoms with Crippen LogP contribution in [0.2, 0.25) is 0 Å². The summed E-state index contributed by atoms with van der Waals surface area (Å²) in [5, 5.41) is 5.45. The maximum atomic E-state index is 13.7. The van der Waals surface area contributed by atoms with Gasteiger partial charge in [-0.1, -0.05) is 36.4 Å². The molecule has 10 heteroatoms. The zero-order valence-electron chi connectivity index (χ0n) is 17.7. The number of fused-ring (bicyclic) bond motifs is 2. The Balaban J connectivity index is 1.74. The molecule has 0 saturated heterocycles. The maximum absolute atomic E-state index is 13.7. The van der Waals surface area contributed by atoms with Crippen molar-refractivity contribution in [3.8, 4) is 0 Å². The van der Waals surface area contributed by atoms with Gasteiger partial charge in [-0.3, -0.25) is 9.97 Å². The smallest absolute Gasteiger partial charge is 0.255 e. The van der Waals surface area contributed by atoms with Crippen molar-refractivity contribution in [2.45, 2.75) is 28.5 Å². The summed E-state index contributed by atoms with van der Waals surface area (Å²) in [4.78, 5) is 8.24. The van der Waals surface area contributed by atoms with Gasteiger partial charge < -0.3 is 0 Å². The van der Waals surface area contributed by atoms with Gasteiger partial charge in [-0.15, -0.1) is 0 Å². The normalized spacial score (nSPS) is 12.4. The Labute approximate surface area is 190 Å². The first kappa shape index (κ1) is 21.2. The predicted molar refractivity (Wildman–Crippen MR) is 123 cm³/mol. The molecule has 2 aromatic carbocycles. The van der Waals surface area contributed by atoms with Gasteiger partial charge >= 0.3 is 0 Å². The fourth-order valence-corrected chi connectivity index (χ4v) is 7.41. The molecule has 0 aliphatic carbocycles. The molecular formula is C23H18N4O4S2. The Morgan fingerprint density at radius 1 is 0.697 bits per heavy atom. The molecule has 0 radical (unpaired) electrons. The molecule has 0 spiro atoms. The lowest BCUT2D eigenvalue weighted by atomic mass is 10.2. The van der Waals surface area contributed by atoms with Crippen LogP contribution in [0.5, 0.6) is 0 Å². The first-order valence-corrected chi connectivity index (χ1v) is 12.9. The zero-order chi connectivity index (χ0) is 23.4. The van der Waals surface area contributed by atoms with E-state index in [2.05, 4.69) is 15.1 Å². The fourth-order valence-electron chi connectivity index (χ4n) is 4.01. The Morgan fingerprint density at radius 3 is 1.82 bits per heavy atom. The van der Waals surface area contributed by atoms with Gasteiger partial charge in [0, 0.05) is 23.2 Å². The second-order valence-electron chi connectivity index (χ2n) is 7.51. The molecule has 3 aromatic heterocycles. The number of rotatable bonds is 4. The number of aryl methyl sites for hydroxylation is 1. The number of hydrogen-bond donors (Lipinski definition) is 0. The average Bonchev–Trinajstić information content (AvgIpc) is 3.13. The van der Waals surface area contributed by atoms with Crippen LogP contribution in [0.4, 0.5) is 0 Å². The molecule has 33 heavy (non-hydrogen) atoms. The van der Waals surface area contributed by atoms with Crippen molar-refractivity contribution in [2.75, 3.05) is 0 Å². The topological polar surface area (TPSA) is 112 Å². The minimum atomic E-state index is -4.22. The van der Waals surface area contributed by atoms with E-state index in [1.165, 1.54) is 38.4 Å². The Bertz CT molecular complexity index is 1760. The molecule has 5 rings (SSSR count). The van der Waals surface area contributed by atoms with Crippen molar-refractivity contribution in [3.63, 3.8) is 0 Å². The molecular weight excluding hydrogens is 460 g/mol. The van der Waals surface area contributed by atoms with Gasteiger partial charge in [-0.2, -0.15) is 17.6 Å². The van der Waals surface area contributed by atoms with E-state index in [0.717, 1.165) is 4.09 Å². The summed E-state index contributed by atoms with van der Waals surface area (Å²) in [5.74, 6) is 0. The van der Waals surface area contributed by atoms with Crippen LogP contribution in [0.25, 0.3) is 21.8 Å². The molecule has 0 bridgehead atoms. The Kier molecular flexibility index (Phi) is 4.80. The summed E-state index contributed by atoms with van der Waals surface area (Å²) < 4.78 is 55.3. The molecule has 0 amide bonds. The van der Waals surface area contributed by atoms with Crippen molar-refractivity contribution < 1.29 is 16.8 Å². The van der Waals surface area contributed by atoms with Crippen molar-refractivity contribution >= 4 is 41.7 Å². The highest BCUT2D eigenvalue weighted by Crippen LogP contribution is 2.32. The molecule has 166 valence electrons. The zero-order valence-corrected chi connectivity index (χ0v) is 19.3. The van der Waals surface area contributed by atoms with Gasteiger partial charge in [0.1, 0.15) is 9.79 Å². The van der Waals surface area contributed by atoms with Gasteiger partial charge in [-0.05, 0) is 38.1 Å². The monoisotopic (exact) mass is 478 g/mol. The van der Waals surface area contributed by atoms with Crippen molar-refractivity contribution in [3.05, 3.63) is 84.4 Å². The van der Waals surface area contributed by atoms with E-state index >= 15 is 0 Å². The van der Waals surface area contributed by atoms with Crippen molar-refractivity contribution in [1.82, 2.24) is 19.2 Å². The van der Waals surface area contributed by atoms with Crippen LogP contribution >= 0.6 is 0 Å². The Hall–Kier alpha value is -3.63. The summed E-state index contributed by atoms with van der Waals surface area (Å²) in [6.45, 7) is 2.91. The lowest BCUT2D eigenvalue weighted by Gasteiger charge is -2.10. The highest BCUT2D eigenvalue weighted by atomic mass is 32.2. The maximum Gasteiger partial charge on any atom is 0.285 e. The highest BCUT2D eigenvalue weighted by Gasteiger charge is 2.33. The molecule has 3 heterocycles. The predicted octanol–water partition coefficient (Wildman–Crippen LogP) is 3.67. The summed E-state index contributed by atoms with van der Waals surface area (Å²) in [6, 6.07) is 16.6. The standard InChI is InChI=1S/C23H18N4O4S2/c1-15-23(32(28,29)19-11-3-7-17-9-5-13-24-21(17)19)16(2)27(26-15)33(30,31)20-12-4-8-18-10-6-14-25-22(18)20/h3-14H,1-2H3. The second kappa shape index (κ2) is 7.46. The van der Waals surface area contributed by atoms with E-state index in [-0.39, 0.29) is 31.6 Å². The van der Waals surface area contributed by atoms with Gasteiger partial charge in [0.05, 0.1) is 27.3 Å². The van der Waals surface area contributed by atoms with E-state index in [0.29, 0.717) is 16.3 Å². The lowest BCUT2D eigenvalue weighted by molar-refractivity contribution is 0.578. The Morgan fingerprint density at radius 2 is 1.21 bits per heavy atom.